The van der Waals surface area contributed by atoms with Crippen molar-refractivity contribution in [2.75, 3.05) is 0 Å². The van der Waals surface area contributed by atoms with Gasteiger partial charge in [0.2, 0.25) is 0 Å². The Kier molecular flexibility index (Phi) is 3.16. The highest BCUT2D eigenvalue weighted by Gasteiger charge is 2.37. The first-order valence-corrected chi connectivity index (χ1v) is 5.31. The van der Waals surface area contributed by atoms with Crippen LogP contribution in [0.3, 0.4) is 0 Å². The molecule has 0 aliphatic heterocycles. The topological polar surface area (TPSA) is 20.2 Å². The predicted octanol–water partition coefficient (Wildman–Crippen LogP) is 2.97. The van der Waals surface area contributed by atoms with Gasteiger partial charge in [0.1, 0.15) is 0 Å². The van der Waals surface area contributed by atoms with Crippen molar-refractivity contribution in [3.05, 3.63) is 0 Å². The third-order valence-electron chi connectivity index (χ3n) is 3.79. The fraction of sp³-hybridized carbons (Fsp3) is 1.00. The van der Waals surface area contributed by atoms with Crippen molar-refractivity contribution in [2.24, 2.45) is 11.8 Å². The molecule has 1 N–H and O–H groups in total. The van der Waals surface area contributed by atoms with E-state index in [1.54, 1.807) is 0 Å². The molecule has 12 heavy (non-hydrogen) atoms. The molecule has 2 atom stereocenters. The third kappa shape index (κ3) is 1.82. The van der Waals surface area contributed by atoms with E-state index in [4.69, 9.17) is 0 Å². The summed E-state index contributed by atoms with van der Waals surface area (Å²) in [6.07, 6.45) is 6.19. The molecule has 1 heteroatoms. The molecule has 0 bridgehead atoms. The summed E-state index contributed by atoms with van der Waals surface area (Å²) >= 11 is 0. The molecule has 1 aliphatic rings. The summed E-state index contributed by atoms with van der Waals surface area (Å²) in [5, 5.41) is 10.3. The minimum absolute atomic E-state index is 0.411. The van der Waals surface area contributed by atoms with Crippen molar-refractivity contribution in [3.8, 4) is 0 Å². The van der Waals surface area contributed by atoms with Crippen LogP contribution in [0.4, 0.5) is 0 Å². The maximum atomic E-state index is 10.3. The van der Waals surface area contributed by atoms with Crippen molar-refractivity contribution in [1.29, 1.82) is 0 Å². The van der Waals surface area contributed by atoms with Gasteiger partial charge in [-0.3, -0.25) is 0 Å². The molecule has 1 nitrogen and oxygen atoms in total. The van der Waals surface area contributed by atoms with Gasteiger partial charge in [0.15, 0.2) is 0 Å². The quantitative estimate of drug-likeness (QED) is 0.690. The third-order valence-corrected chi connectivity index (χ3v) is 3.79. The molecular formula is C11H22O. The zero-order valence-corrected chi connectivity index (χ0v) is 8.64. The van der Waals surface area contributed by atoms with Crippen molar-refractivity contribution in [3.63, 3.8) is 0 Å². The number of hydrogen-bond donors (Lipinski definition) is 1. The van der Waals surface area contributed by atoms with Gasteiger partial charge in [0, 0.05) is 0 Å². The molecule has 72 valence electrons. The van der Waals surface area contributed by atoms with Crippen LogP contribution < -0.4 is 0 Å². The lowest BCUT2D eigenvalue weighted by Gasteiger charge is -2.35. The number of rotatable bonds is 3. The van der Waals surface area contributed by atoms with Gasteiger partial charge in [-0.15, -0.1) is 0 Å². The Balaban J connectivity index is 2.56. The van der Waals surface area contributed by atoms with E-state index in [-0.39, 0.29) is 0 Å². The molecule has 1 fully saturated rings. The molecule has 0 heterocycles. The Hall–Kier alpha value is -0.0400. The van der Waals surface area contributed by atoms with Gasteiger partial charge >= 0.3 is 0 Å². The molecule has 1 rings (SSSR count). The molecule has 1 aliphatic carbocycles. The highest BCUT2D eigenvalue weighted by Crippen LogP contribution is 2.38. The van der Waals surface area contributed by atoms with E-state index in [1.165, 1.54) is 25.7 Å². The van der Waals surface area contributed by atoms with Crippen molar-refractivity contribution in [2.45, 2.75) is 58.5 Å². The van der Waals surface area contributed by atoms with Crippen LogP contribution in [0.15, 0.2) is 0 Å². The first-order chi connectivity index (χ1) is 5.59. The summed E-state index contributed by atoms with van der Waals surface area (Å²) in [6.45, 7) is 6.35. The number of hydrogen-bond acceptors (Lipinski definition) is 1. The van der Waals surface area contributed by atoms with Gasteiger partial charge in [-0.25, -0.2) is 0 Å². The van der Waals surface area contributed by atoms with Crippen LogP contribution in [0.1, 0.15) is 52.9 Å². The van der Waals surface area contributed by atoms with E-state index < -0.39 is 5.60 Å². The van der Waals surface area contributed by atoms with Gasteiger partial charge in [0.25, 0.3) is 0 Å². The first-order valence-electron chi connectivity index (χ1n) is 5.31. The van der Waals surface area contributed by atoms with E-state index in [0.29, 0.717) is 11.8 Å². The van der Waals surface area contributed by atoms with Crippen molar-refractivity contribution < 1.29 is 5.11 Å². The standard InChI is InChI=1S/C11H22O/c1-4-9(2)11(3,12)10-7-5-6-8-10/h9-10,12H,4-8H2,1-3H3. The first kappa shape index (κ1) is 10.0. The molecule has 0 amide bonds. The average molecular weight is 170 g/mol. The van der Waals surface area contributed by atoms with E-state index in [2.05, 4.69) is 13.8 Å². The molecule has 2 unspecified atom stereocenters. The summed E-state index contributed by atoms with van der Waals surface area (Å²) in [7, 11) is 0. The Morgan fingerprint density at radius 1 is 1.42 bits per heavy atom. The lowest BCUT2D eigenvalue weighted by molar-refractivity contribution is -0.0468. The maximum Gasteiger partial charge on any atom is 0.0673 e. The van der Waals surface area contributed by atoms with Crippen LogP contribution in [0.2, 0.25) is 0 Å². The normalized spacial score (nSPS) is 27.0. The summed E-state index contributed by atoms with van der Waals surface area (Å²) in [6, 6.07) is 0. The smallest absolute Gasteiger partial charge is 0.0673 e. The maximum absolute atomic E-state index is 10.3. The van der Waals surface area contributed by atoms with E-state index in [9.17, 15) is 5.11 Å². The highest BCUT2D eigenvalue weighted by atomic mass is 16.3. The lowest BCUT2D eigenvalue weighted by atomic mass is 9.77. The average Bonchev–Trinajstić information content (AvgIpc) is 2.55. The summed E-state index contributed by atoms with van der Waals surface area (Å²) in [4.78, 5) is 0. The SMILES string of the molecule is CCC(C)C(C)(O)C1CCCC1. The summed E-state index contributed by atoms with van der Waals surface area (Å²) in [5.74, 6) is 1.01. The molecule has 0 aromatic carbocycles. The Morgan fingerprint density at radius 2 is 1.92 bits per heavy atom. The summed E-state index contributed by atoms with van der Waals surface area (Å²) in [5.41, 5.74) is -0.411. The zero-order valence-electron chi connectivity index (χ0n) is 8.64. The van der Waals surface area contributed by atoms with Gasteiger partial charge < -0.3 is 5.11 Å². The highest BCUT2D eigenvalue weighted by molar-refractivity contribution is 4.88. The lowest BCUT2D eigenvalue weighted by Crippen LogP contribution is -2.39. The van der Waals surface area contributed by atoms with Crippen LogP contribution in [0.25, 0.3) is 0 Å². The Labute approximate surface area is 76.2 Å². The minimum Gasteiger partial charge on any atom is -0.390 e. The van der Waals surface area contributed by atoms with Crippen LogP contribution in [-0.2, 0) is 0 Å². The van der Waals surface area contributed by atoms with E-state index >= 15 is 0 Å². The Bertz CT molecular complexity index is 134. The van der Waals surface area contributed by atoms with Crippen molar-refractivity contribution in [1.82, 2.24) is 0 Å². The van der Waals surface area contributed by atoms with Crippen LogP contribution in [-0.4, -0.2) is 10.7 Å². The predicted molar refractivity (Wildman–Crippen MR) is 52.0 cm³/mol. The second kappa shape index (κ2) is 3.78. The van der Waals surface area contributed by atoms with Gasteiger partial charge in [-0.1, -0.05) is 33.1 Å². The van der Waals surface area contributed by atoms with Gasteiger partial charge in [-0.2, -0.15) is 0 Å². The largest absolute Gasteiger partial charge is 0.390 e. The summed E-state index contributed by atoms with van der Waals surface area (Å²) < 4.78 is 0. The molecular weight excluding hydrogens is 148 g/mol. The molecule has 0 aromatic heterocycles. The second-order valence-corrected chi connectivity index (χ2v) is 4.52. The minimum atomic E-state index is -0.411. The molecule has 1 saturated carbocycles. The fourth-order valence-corrected chi connectivity index (χ4v) is 2.33. The molecule has 0 saturated heterocycles. The number of aliphatic hydroxyl groups is 1. The van der Waals surface area contributed by atoms with Gasteiger partial charge in [0.05, 0.1) is 5.60 Å². The zero-order chi connectivity index (χ0) is 9.19. The van der Waals surface area contributed by atoms with Crippen molar-refractivity contribution >= 4 is 0 Å². The van der Waals surface area contributed by atoms with Gasteiger partial charge in [-0.05, 0) is 31.6 Å². The second-order valence-electron chi connectivity index (χ2n) is 4.52. The Morgan fingerprint density at radius 3 is 2.33 bits per heavy atom. The molecule has 0 aromatic rings. The molecule has 0 spiro atoms. The van der Waals surface area contributed by atoms with Crippen LogP contribution in [0.5, 0.6) is 0 Å². The van der Waals surface area contributed by atoms with E-state index in [0.717, 1.165) is 6.42 Å². The van der Waals surface area contributed by atoms with Crippen LogP contribution in [0, 0.1) is 11.8 Å². The van der Waals surface area contributed by atoms with Crippen LogP contribution >= 0.6 is 0 Å². The fourth-order valence-electron chi connectivity index (χ4n) is 2.33. The monoisotopic (exact) mass is 170 g/mol. The molecule has 0 radical (unpaired) electrons. The van der Waals surface area contributed by atoms with E-state index in [1.807, 2.05) is 6.92 Å².